The number of hydrogen-bond donors (Lipinski definition) is 2. The zero-order valence-electron chi connectivity index (χ0n) is 9.09. The van der Waals surface area contributed by atoms with Crippen LogP contribution in [0.2, 0.25) is 5.02 Å². The van der Waals surface area contributed by atoms with Crippen molar-refractivity contribution < 1.29 is 4.79 Å². The van der Waals surface area contributed by atoms with Crippen LogP contribution >= 0.6 is 34.7 Å². The van der Waals surface area contributed by atoms with Gasteiger partial charge in [-0.25, -0.2) is 15.8 Å². The van der Waals surface area contributed by atoms with Crippen LogP contribution in [-0.2, 0) is 5.75 Å². The smallest absolute Gasteiger partial charge is 0.288 e. The molecule has 0 fully saturated rings. The van der Waals surface area contributed by atoms with E-state index in [1.54, 1.807) is 18.3 Å². The van der Waals surface area contributed by atoms with Gasteiger partial charge in [0, 0.05) is 17.3 Å². The molecule has 2 aromatic heterocycles. The van der Waals surface area contributed by atoms with Gasteiger partial charge >= 0.3 is 0 Å². The second-order valence-electron chi connectivity index (χ2n) is 3.20. The number of nitrogens with two attached hydrogens (primary N) is 1. The van der Waals surface area contributed by atoms with Gasteiger partial charge in [-0.05, 0) is 12.1 Å². The number of thioether (sulfide) groups is 1. The van der Waals surface area contributed by atoms with Gasteiger partial charge < -0.3 is 0 Å². The molecule has 0 aromatic carbocycles. The van der Waals surface area contributed by atoms with Crippen LogP contribution in [0.15, 0.2) is 28.7 Å². The summed E-state index contributed by atoms with van der Waals surface area (Å²) < 4.78 is 0. The molecule has 0 aliphatic rings. The zero-order chi connectivity index (χ0) is 13.0. The Kier molecular flexibility index (Phi) is 4.54. The first-order valence-corrected chi connectivity index (χ1v) is 7.13. The predicted octanol–water partition coefficient (Wildman–Crippen LogP) is 2.09. The van der Waals surface area contributed by atoms with E-state index in [9.17, 15) is 4.79 Å². The number of carbonyl (C=O) groups excluding carboxylic acids is 1. The molecule has 8 heteroatoms. The Labute approximate surface area is 117 Å². The van der Waals surface area contributed by atoms with E-state index < -0.39 is 0 Å². The van der Waals surface area contributed by atoms with Crippen molar-refractivity contribution in [3.63, 3.8) is 0 Å². The molecule has 3 N–H and O–H groups in total. The fourth-order valence-electron chi connectivity index (χ4n) is 1.16. The van der Waals surface area contributed by atoms with Crippen molar-refractivity contribution in [2.45, 2.75) is 10.8 Å². The molecule has 0 atom stereocenters. The monoisotopic (exact) mass is 300 g/mol. The van der Waals surface area contributed by atoms with E-state index >= 15 is 0 Å². The molecule has 0 saturated heterocycles. The minimum atomic E-state index is -0.382. The van der Waals surface area contributed by atoms with Gasteiger partial charge in [0.1, 0.15) is 5.03 Å². The Morgan fingerprint density at radius 1 is 1.61 bits per heavy atom. The van der Waals surface area contributed by atoms with Crippen LogP contribution < -0.4 is 11.3 Å². The number of halogens is 1. The summed E-state index contributed by atoms with van der Waals surface area (Å²) >= 11 is 8.71. The summed E-state index contributed by atoms with van der Waals surface area (Å²) in [5.74, 6) is 5.25. The third-order valence-electron chi connectivity index (χ3n) is 1.96. The van der Waals surface area contributed by atoms with Gasteiger partial charge in [-0.2, -0.15) is 0 Å². The molecule has 94 valence electrons. The molecule has 0 spiro atoms. The Bertz CT molecular complexity index is 560. The maximum atomic E-state index is 11.2. The maximum Gasteiger partial charge on any atom is 0.294 e. The highest BCUT2D eigenvalue weighted by Gasteiger charge is 2.10. The first kappa shape index (κ1) is 13.3. The molecular weight excluding hydrogens is 292 g/mol. The minimum absolute atomic E-state index is 0.347. The summed E-state index contributed by atoms with van der Waals surface area (Å²) in [7, 11) is 0. The van der Waals surface area contributed by atoms with Crippen molar-refractivity contribution in [1.82, 2.24) is 15.4 Å². The van der Waals surface area contributed by atoms with Gasteiger partial charge in [-0.3, -0.25) is 10.2 Å². The average Bonchev–Trinajstić information content (AvgIpc) is 2.86. The molecule has 0 unspecified atom stereocenters. The molecule has 5 nitrogen and oxygen atoms in total. The molecule has 0 bridgehead atoms. The number of nitrogens with one attached hydrogen (secondary N) is 1. The largest absolute Gasteiger partial charge is 0.294 e. The van der Waals surface area contributed by atoms with Crippen molar-refractivity contribution in [2.75, 3.05) is 0 Å². The zero-order valence-corrected chi connectivity index (χ0v) is 11.5. The molecule has 0 aliphatic heterocycles. The highest BCUT2D eigenvalue weighted by atomic mass is 35.5. The first-order chi connectivity index (χ1) is 8.70. The Morgan fingerprint density at radius 2 is 2.44 bits per heavy atom. The quantitative estimate of drug-likeness (QED) is 0.391. The number of hydrazine groups is 1. The van der Waals surface area contributed by atoms with E-state index in [1.165, 1.54) is 23.1 Å². The standard InChI is InChI=1S/C10H9ClN4OS2/c11-7-2-1-3-13-9(7)17-4-6-5-18-10(14-6)8(16)15-12/h1-3,5H,4,12H2,(H,15,16). The molecule has 0 saturated carbocycles. The van der Waals surface area contributed by atoms with E-state index in [0.29, 0.717) is 15.8 Å². The molecule has 2 rings (SSSR count). The van der Waals surface area contributed by atoms with Crippen LogP contribution in [0.1, 0.15) is 15.5 Å². The third-order valence-corrected chi connectivity index (χ3v) is 4.30. The van der Waals surface area contributed by atoms with Gasteiger partial charge in [0.2, 0.25) is 0 Å². The molecule has 0 radical (unpaired) electrons. The first-order valence-electron chi connectivity index (χ1n) is 4.89. The van der Waals surface area contributed by atoms with Crippen molar-refractivity contribution in [3.8, 4) is 0 Å². The second kappa shape index (κ2) is 6.14. The maximum absolute atomic E-state index is 11.2. The number of amides is 1. The lowest BCUT2D eigenvalue weighted by molar-refractivity contribution is 0.0953. The predicted molar refractivity (Wildman–Crippen MR) is 72.6 cm³/mol. The topological polar surface area (TPSA) is 80.9 Å². The Balaban J connectivity index is 2.01. The van der Waals surface area contributed by atoms with Crippen LogP contribution in [0, 0.1) is 0 Å². The molecule has 18 heavy (non-hydrogen) atoms. The van der Waals surface area contributed by atoms with E-state index in [4.69, 9.17) is 17.4 Å². The summed E-state index contributed by atoms with van der Waals surface area (Å²) in [6, 6.07) is 3.56. The highest BCUT2D eigenvalue weighted by Crippen LogP contribution is 2.27. The molecular formula is C10H9ClN4OS2. The van der Waals surface area contributed by atoms with Crippen molar-refractivity contribution >= 4 is 40.6 Å². The number of nitrogens with zero attached hydrogens (tertiary/aromatic N) is 2. The normalized spacial score (nSPS) is 10.3. The van der Waals surface area contributed by atoms with Crippen molar-refractivity contribution in [3.05, 3.63) is 39.4 Å². The van der Waals surface area contributed by atoms with E-state index in [2.05, 4.69) is 9.97 Å². The van der Waals surface area contributed by atoms with E-state index in [1.807, 2.05) is 10.8 Å². The third kappa shape index (κ3) is 3.20. The van der Waals surface area contributed by atoms with Gasteiger partial charge in [0.25, 0.3) is 5.91 Å². The van der Waals surface area contributed by atoms with E-state index in [-0.39, 0.29) is 5.91 Å². The van der Waals surface area contributed by atoms with Crippen LogP contribution in [0.25, 0.3) is 0 Å². The number of carbonyl (C=O) groups is 1. The lowest BCUT2D eigenvalue weighted by atomic mass is 10.5. The highest BCUT2D eigenvalue weighted by molar-refractivity contribution is 7.98. The summed E-state index contributed by atoms with van der Waals surface area (Å²) in [5.41, 5.74) is 2.84. The fourth-order valence-corrected chi connectivity index (χ4v) is 3.04. The Hall–Kier alpha value is -1.15. The summed E-state index contributed by atoms with van der Waals surface area (Å²) in [4.78, 5) is 19.5. The number of pyridine rings is 1. The average molecular weight is 301 g/mol. The molecule has 2 aromatic rings. The summed E-state index contributed by atoms with van der Waals surface area (Å²) in [6.07, 6.45) is 1.68. The lowest BCUT2D eigenvalue weighted by Gasteiger charge is -2.00. The van der Waals surface area contributed by atoms with Crippen LogP contribution in [0.5, 0.6) is 0 Å². The summed E-state index contributed by atoms with van der Waals surface area (Å²) in [5, 5.41) is 3.52. The van der Waals surface area contributed by atoms with Gasteiger partial charge in [-0.1, -0.05) is 23.4 Å². The minimum Gasteiger partial charge on any atom is -0.288 e. The lowest BCUT2D eigenvalue weighted by Crippen LogP contribution is -2.29. The van der Waals surface area contributed by atoms with Crippen LogP contribution in [0.4, 0.5) is 0 Å². The molecule has 0 aliphatic carbocycles. The van der Waals surface area contributed by atoms with Crippen LogP contribution in [0.3, 0.4) is 0 Å². The van der Waals surface area contributed by atoms with Crippen molar-refractivity contribution in [1.29, 1.82) is 0 Å². The van der Waals surface area contributed by atoms with Gasteiger partial charge in [0.15, 0.2) is 5.01 Å². The van der Waals surface area contributed by atoms with Crippen LogP contribution in [-0.4, -0.2) is 15.9 Å². The summed E-state index contributed by atoms with van der Waals surface area (Å²) in [6.45, 7) is 0. The van der Waals surface area contributed by atoms with Gasteiger partial charge in [-0.15, -0.1) is 11.3 Å². The molecule has 2 heterocycles. The van der Waals surface area contributed by atoms with Crippen molar-refractivity contribution in [2.24, 2.45) is 5.84 Å². The number of rotatable bonds is 4. The fraction of sp³-hybridized carbons (Fsp3) is 0.100. The number of thiazole rings is 1. The van der Waals surface area contributed by atoms with E-state index in [0.717, 1.165) is 10.7 Å². The van der Waals surface area contributed by atoms with Gasteiger partial charge in [0.05, 0.1) is 10.7 Å². The number of aromatic nitrogens is 2. The number of hydrogen-bond acceptors (Lipinski definition) is 6. The molecule has 1 amide bonds. The Morgan fingerprint density at radius 3 is 3.17 bits per heavy atom. The second-order valence-corrected chi connectivity index (χ2v) is 5.43. The number of nitrogen functional groups attached to an aromatic ring is 1. The SMILES string of the molecule is NNC(=O)c1nc(CSc2ncccc2Cl)cs1.